The molecule has 0 fully saturated rings. The van der Waals surface area contributed by atoms with Gasteiger partial charge >= 0.3 is 5.97 Å². The molecule has 0 saturated carbocycles. The molecule has 1 aromatic rings. The minimum absolute atomic E-state index is 0.225. The first kappa shape index (κ1) is 14.8. The van der Waals surface area contributed by atoms with E-state index < -0.39 is 11.2 Å². The van der Waals surface area contributed by atoms with Crippen LogP contribution in [0.4, 0.5) is 0 Å². The van der Waals surface area contributed by atoms with Crippen molar-refractivity contribution >= 4 is 17.7 Å². The van der Waals surface area contributed by atoms with Crippen molar-refractivity contribution in [1.29, 1.82) is 0 Å². The van der Waals surface area contributed by atoms with Gasteiger partial charge in [0.15, 0.2) is 5.16 Å². The lowest BCUT2D eigenvalue weighted by Gasteiger charge is -2.10. The number of hydrogen-bond acceptors (Lipinski definition) is 4. The molecule has 0 radical (unpaired) electrons. The molecule has 0 amide bonds. The summed E-state index contributed by atoms with van der Waals surface area (Å²) in [6.45, 7) is 3.94. The van der Waals surface area contributed by atoms with Gasteiger partial charge in [0, 0.05) is 11.8 Å². The average Bonchev–Trinajstić information content (AvgIpc) is 2.28. The quantitative estimate of drug-likeness (QED) is 0.585. The van der Waals surface area contributed by atoms with Crippen molar-refractivity contribution < 1.29 is 9.90 Å². The molecule has 0 aliphatic heterocycles. The largest absolute Gasteiger partial charge is 0.480 e. The normalized spacial score (nSPS) is 12.3. The van der Waals surface area contributed by atoms with Crippen molar-refractivity contribution in [3.05, 3.63) is 22.1 Å². The van der Waals surface area contributed by atoms with Crippen LogP contribution in [0, 0.1) is 0 Å². The number of nitrogens with zero attached hydrogens (tertiary/aromatic N) is 1. The van der Waals surface area contributed by atoms with Crippen molar-refractivity contribution in [3.8, 4) is 0 Å². The van der Waals surface area contributed by atoms with E-state index in [2.05, 4.69) is 9.97 Å². The topological polar surface area (TPSA) is 83.0 Å². The van der Waals surface area contributed by atoms with Gasteiger partial charge < -0.3 is 10.1 Å². The van der Waals surface area contributed by atoms with E-state index in [1.807, 2.05) is 13.8 Å². The number of carboxylic acids is 1. The summed E-state index contributed by atoms with van der Waals surface area (Å²) >= 11 is 1.11. The second-order valence-electron chi connectivity index (χ2n) is 4.03. The van der Waals surface area contributed by atoms with E-state index in [1.54, 1.807) is 0 Å². The molecule has 0 spiro atoms. The van der Waals surface area contributed by atoms with Crippen LogP contribution >= 0.6 is 11.8 Å². The maximum absolute atomic E-state index is 11.4. The Hall–Kier alpha value is -1.30. The molecule has 1 unspecified atom stereocenters. The van der Waals surface area contributed by atoms with E-state index >= 15 is 0 Å². The summed E-state index contributed by atoms with van der Waals surface area (Å²) < 4.78 is 0. The summed E-state index contributed by atoms with van der Waals surface area (Å²) in [5, 5.41) is 8.90. The third-order valence-electron chi connectivity index (χ3n) is 2.36. The fourth-order valence-corrected chi connectivity index (χ4v) is 2.61. The number of aliphatic carboxylic acids is 1. The molecular weight excluding hydrogens is 252 g/mol. The third kappa shape index (κ3) is 4.52. The number of hydrogen-bond donors (Lipinski definition) is 2. The highest BCUT2D eigenvalue weighted by atomic mass is 32.2. The van der Waals surface area contributed by atoms with Crippen LogP contribution in [0.3, 0.4) is 0 Å². The van der Waals surface area contributed by atoms with Gasteiger partial charge in [0.05, 0.1) is 0 Å². The Morgan fingerprint density at radius 1 is 1.50 bits per heavy atom. The van der Waals surface area contributed by atoms with Gasteiger partial charge in [-0.2, -0.15) is 0 Å². The zero-order valence-corrected chi connectivity index (χ0v) is 11.4. The molecular formula is C12H18N2O3S. The fraction of sp³-hybridized carbons (Fsp3) is 0.583. The molecule has 2 N–H and O–H groups in total. The Labute approximate surface area is 110 Å². The van der Waals surface area contributed by atoms with Crippen LogP contribution in [-0.4, -0.2) is 26.3 Å². The predicted molar refractivity (Wildman–Crippen MR) is 71.0 cm³/mol. The summed E-state index contributed by atoms with van der Waals surface area (Å²) in [4.78, 5) is 29.3. The molecule has 100 valence electrons. The molecule has 1 atom stereocenters. The lowest BCUT2D eigenvalue weighted by molar-refractivity contribution is -0.136. The summed E-state index contributed by atoms with van der Waals surface area (Å²) in [6.07, 6.45) is 2.96. The summed E-state index contributed by atoms with van der Waals surface area (Å²) in [5.74, 6) is -0.870. The number of thioether (sulfide) groups is 1. The van der Waals surface area contributed by atoms with Gasteiger partial charge in [-0.15, -0.1) is 0 Å². The Balaban J connectivity index is 2.88. The highest BCUT2D eigenvalue weighted by molar-refractivity contribution is 8.00. The van der Waals surface area contributed by atoms with Crippen LogP contribution in [0.1, 0.15) is 38.8 Å². The first-order valence-corrected chi connectivity index (χ1v) is 6.94. The maximum atomic E-state index is 11.4. The first-order valence-electron chi connectivity index (χ1n) is 6.06. The smallest absolute Gasteiger partial charge is 0.317 e. The fourth-order valence-electron chi connectivity index (χ4n) is 1.55. The van der Waals surface area contributed by atoms with Gasteiger partial charge in [-0.05, 0) is 12.8 Å². The molecule has 0 aliphatic rings. The van der Waals surface area contributed by atoms with E-state index in [0.717, 1.165) is 31.0 Å². The summed E-state index contributed by atoms with van der Waals surface area (Å²) in [5.41, 5.74) is 0.487. The van der Waals surface area contributed by atoms with Crippen LogP contribution in [0.15, 0.2) is 16.0 Å². The van der Waals surface area contributed by atoms with E-state index in [1.165, 1.54) is 6.07 Å². The number of rotatable bonds is 7. The second kappa shape index (κ2) is 7.20. The van der Waals surface area contributed by atoms with Crippen LogP contribution in [0.5, 0.6) is 0 Å². The number of carbonyl (C=O) groups is 1. The molecule has 5 nitrogen and oxygen atoms in total. The number of aromatic nitrogens is 2. The van der Waals surface area contributed by atoms with E-state index in [4.69, 9.17) is 5.11 Å². The third-order valence-corrected chi connectivity index (χ3v) is 3.50. The van der Waals surface area contributed by atoms with E-state index in [0.29, 0.717) is 17.3 Å². The number of aromatic amines is 1. The molecule has 1 rings (SSSR count). The Bertz CT molecular complexity index is 459. The Morgan fingerprint density at radius 3 is 2.78 bits per heavy atom. The van der Waals surface area contributed by atoms with Crippen molar-refractivity contribution in [2.75, 3.05) is 0 Å². The zero-order valence-electron chi connectivity index (χ0n) is 10.6. The molecule has 0 saturated heterocycles. The Kier molecular flexibility index (Phi) is 5.91. The second-order valence-corrected chi connectivity index (χ2v) is 5.22. The maximum Gasteiger partial charge on any atom is 0.317 e. The van der Waals surface area contributed by atoms with Crippen molar-refractivity contribution in [1.82, 2.24) is 9.97 Å². The van der Waals surface area contributed by atoms with E-state index in [-0.39, 0.29) is 5.56 Å². The zero-order chi connectivity index (χ0) is 13.5. The number of carboxylic acid groups (broad SMARTS) is 1. The van der Waals surface area contributed by atoms with Crippen LogP contribution in [0.25, 0.3) is 0 Å². The molecule has 1 aromatic heterocycles. The van der Waals surface area contributed by atoms with Gasteiger partial charge in [0.1, 0.15) is 5.25 Å². The lowest BCUT2D eigenvalue weighted by atomic mass is 10.2. The molecule has 0 bridgehead atoms. The van der Waals surface area contributed by atoms with Crippen molar-refractivity contribution in [2.24, 2.45) is 0 Å². The monoisotopic (exact) mass is 270 g/mol. The van der Waals surface area contributed by atoms with Crippen molar-refractivity contribution in [3.63, 3.8) is 0 Å². The van der Waals surface area contributed by atoms with Gasteiger partial charge in [-0.1, -0.05) is 38.5 Å². The Morgan fingerprint density at radius 2 is 2.22 bits per heavy atom. The highest BCUT2D eigenvalue weighted by Crippen LogP contribution is 2.22. The molecule has 0 aliphatic carbocycles. The molecule has 18 heavy (non-hydrogen) atoms. The van der Waals surface area contributed by atoms with Gasteiger partial charge in [-0.3, -0.25) is 9.59 Å². The molecule has 6 heteroatoms. The van der Waals surface area contributed by atoms with Gasteiger partial charge in [0.2, 0.25) is 0 Å². The SMILES string of the molecule is CCCc1cc(=O)[nH]c(SC(CCC)C(=O)O)n1. The van der Waals surface area contributed by atoms with Crippen LogP contribution < -0.4 is 5.56 Å². The molecule has 1 heterocycles. The highest BCUT2D eigenvalue weighted by Gasteiger charge is 2.19. The summed E-state index contributed by atoms with van der Waals surface area (Å²) in [7, 11) is 0. The van der Waals surface area contributed by atoms with Crippen LogP contribution in [-0.2, 0) is 11.2 Å². The van der Waals surface area contributed by atoms with Gasteiger partial charge in [-0.25, -0.2) is 4.98 Å². The number of H-pyrrole nitrogens is 1. The molecule has 0 aromatic carbocycles. The minimum Gasteiger partial charge on any atom is -0.480 e. The average molecular weight is 270 g/mol. The first-order chi connectivity index (χ1) is 8.56. The van der Waals surface area contributed by atoms with E-state index in [9.17, 15) is 9.59 Å². The van der Waals surface area contributed by atoms with Crippen LogP contribution in [0.2, 0.25) is 0 Å². The standard InChI is InChI=1S/C12H18N2O3S/c1-3-5-8-7-10(15)14-12(13-8)18-9(6-4-2)11(16)17/h7,9H,3-6H2,1-2H3,(H,16,17)(H,13,14,15). The minimum atomic E-state index is -0.870. The predicted octanol–water partition coefficient (Wildman–Crippen LogP) is 2.07. The summed E-state index contributed by atoms with van der Waals surface area (Å²) in [6, 6.07) is 1.46. The van der Waals surface area contributed by atoms with Gasteiger partial charge in [0.25, 0.3) is 5.56 Å². The number of aryl methyl sites for hydroxylation is 1. The number of nitrogens with one attached hydrogen (secondary N) is 1. The lowest BCUT2D eigenvalue weighted by Crippen LogP contribution is -2.18. The van der Waals surface area contributed by atoms with Crippen molar-refractivity contribution in [2.45, 2.75) is 49.9 Å².